The molecule has 7 nitrogen and oxygen atoms in total. The van der Waals surface area contributed by atoms with Crippen LogP contribution in [-0.4, -0.2) is 36.4 Å². The first kappa shape index (κ1) is 15.9. The molecule has 20 heavy (non-hydrogen) atoms. The van der Waals surface area contributed by atoms with Gasteiger partial charge < -0.3 is 16.0 Å². The second kappa shape index (κ2) is 6.85. The normalized spacial score (nSPS) is 12.2. The number of benzene rings is 1. The van der Waals surface area contributed by atoms with E-state index in [2.05, 4.69) is 5.32 Å². The Balaban J connectivity index is 2.67. The molecule has 0 aliphatic rings. The fourth-order valence-electron chi connectivity index (χ4n) is 2.04. The number of amides is 1. The Bertz CT molecular complexity index is 504. The van der Waals surface area contributed by atoms with Crippen molar-refractivity contribution in [1.29, 1.82) is 0 Å². The maximum absolute atomic E-state index is 11.4. The first-order valence-corrected chi connectivity index (χ1v) is 6.28. The number of carbonyl (C=O) groups is 1. The highest BCUT2D eigenvalue weighted by atomic mass is 16.6. The lowest BCUT2D eigenvalue weighted by molar-refractivity contribution is -0.383. The third kappa shape index (κ3) is 4.20. The van der Waals surface area contributed by atoms with Gasteiger partial charge in [-0.15, -0.1) is 0 Å². The van der Waals surface area contributed by atoms with Crippen molar-refractivity contribution in [3.8, 4) is 0 Å². The molecule has 0 bridgehead atoms. The van der Waals surface area contributed by atoms with Crippen molar-refractivity contribution in [3.63, 3.8) is 0 Å². The molecule has 1 aromatic carbocycles. The molecule has 0 aromatic heterocycles. The largest absolute Gasteiger partial charge is 0.393 e. The number of rotatable bonds is 6. The first-order valence-electron chi connectivity index (χ1n) is 6.28. The van der Waals surface area contributed by atoms with Crippen LogP contribution >= 0.6 is 0 Å². The molecule has 0 fully saturated rings. The molecular formula is C13H20N4O3. The Kier molecular flexibility index (Phi) is 5.45. The summed E-state index contributed by atoms with van der Waals surface area (Å²) in [5.74, 6) is -0.138. The molecule has 3 N–H and O–H groups in total. The van der Waals surface area contributed by atoms with Crippen LogP contribution in [0.2, 0.25) is 0 Å². The van der Waals surface area contributed by atoms with E-state index in [1.54, 1.807) is 19.2 Å². The maximum Gasteiger partial charge on any atom is 0.292 e. The highest BCUT2D eigenvalue weighted by Crippen LogP contribution is 2.22. The number of hydrogen-bond donors (Lipinski definition) is 2. The summed E-state index contributed by atoms with van der Waals surface area (Å²) in [6.45, 7) is 3.01. The number of nitrogens with two attached hydrogens (primary N) is 1. The minimum absolute atomic E-state index is 0.0138. The molecule has 1 aromatic rings. The molecule has 0 spiro atoms. The molecule has 0 saturated carbocycles. The topological polar surface area (TPSA) is 102 Å². The van der Waals surface area contributed by atoms with Crippen LogP contribution in [0.3, 0.4) is 0 Å². The van der Waals surface area contributed by atoms with Gasteiger partial charge in [0.25, 0.3) is 5.69 Å². The Morgan fingerprint density at radius 2 is 2.20 bits per heavy atom. The van der Waals surface area contributed by atoms with Crippen molar-refractivity contribution in [2.75, 3.05) is 26.4 Å². The summed E-state index contributed by atoms with van der Waals surface area (Å²) in [5.41, 5.74) is 6.58. The summed E-state index contributed by atoms with van der Waals surface area (Å²) in [6.07, 6.45) is 0. The summed E-state index contributed by atoms with van der Waals surface area (Å²) < 4.78 is 0. The van der Waals surface area contributed by atoms with Crippen molar-refractivity contribution < 1.29 is 9.72 Å². The number of nitro benzene ring substituents is 1. The third-order valence-corrected chi connectivity index (χ3v) is 3.02. The van der Waals surface area contributed by atoms with E-state index in [0.29, 0.717) is 13.1 Å². The van der Waals surface area contributed by atoms with Crippen LogP contribution in [0.1, 0.15) is 12.5 Å². The van der Waals surface area contributed by atoms with Gasteiger partial charge in [-0.1, -0.05) is 13.0 Å². The van der Waals surface area contributed by atoms with Crippen LogP contribution in [-0.2, 0) is 11.3 Å². The zero-order valence-corrected chi connectivity index (χ0v) is 11.9. The van der Waals surface area contributed by atoms with Crippen molar-refractivity contribution in [2.24, 2.45) is 5.92 Å². The number of nitro groups is 1. The lowest BCUT2D eigenvalue weighted by Gasteiger charge is -2.20. The highest BCUT2D eigenvalue weighted by molar-refractivity contribution is 5.78. The zero-order chi connectivity index (χ0) is 15.3. The van der Waals surface area contributed by atoms with Gasteiger partial charge in [-0.05, 0) is 18.7 Å². The Hall–Kier alpha value is -2.15. The van der Waals surface area contributed by atoms with Gasteiger partial charge in [0, 0.05) is 32.1 Å². The van der Waals surface area contributed by atoms with Crippen LogP contribution in [0.25, 0.3) is 0 Å². The van der Waals surface area contributed by atoms with Gasteiger partial charge in [0.15, 0.2) is 0 Å². The molecule has 0 saturated heterocycles. The summed E-state index contributed by atoms with van der Waals surface area (Å²) in [7, 11) is 3.49. The molecule has 0 aliphatic carbocycles. The van der Waals surface area contributed by atoms with Gasteiger partial charge in [0.1, 0.15) is 5.69 Å². The Morgan fingerprint density at radius 3 is 2.70 bits per heavy atom. The fraction of sp³-hybridized carbons (Fsp3) is 0.462. The number of nitrogens with one attached hydrogen (secondary N) is 1. The van der Waals surface area contributed by atoms with E-state index in [-0.39, 0.29) is 23.2 Å². The van der Waals surface area contributed by atoms with Gasteiger partial charge in [-0.3, -0.25) is 14.9 Å². The van der Waals surface area contributed by atoms with Crippen molar-refractivity contribution in [2.45, 2.75) is 13.5 Å². The van der Waals surface area contributed by atoms with Gasteiger partial charge in [-0.25, -0.2) is 0 Å². The highest BCUT2D eigenvalue weighted by Gasteiger charge is 2.15. The van der Waals surface area contributed by atoms with Crippen LogP contribution in [0, 0.1) is 16.0 Å². The molecular weight excluding hydrogens is 260 g/mol. The van der Waals surface area contributed by atoms with Gasteiger partial charge in [0.05, 0.1) is 4.92 Å². The quantitative estimate of drug-likeness (QED) is 0.459. The fourth-order valence-corrected chi connectivity index (χ4v) is 2.04. The molecule has 0 aliphatic heterocycles. The van der Waals surface area contributed by atoms with E-state index in [1.807, 2.05) is 18.9 Å². The second-order valence-corrected chi connectivity index (χ2v) is 4.86. The third-order valence-electron chi connectivity index (χ3n) is 3.02. The maximum atomic E-state index is 11.4. The van der Waals surface area contributed by atoms with Crippen LogP contribution in [0.15, 0.2) is 18.2 Å². The lowest BCUT2D eigenvalue weighted by atomic mass is 10.1. The molecule has 7 heteroatoms. The van der Waals surface area contributed by atoms with E-state index < -0.39 is 4.92 Å². The zero-order valence-electron chi connectivity index (χ0n) is 11.9. The van der Waals surface area contributed by atoms with Gasteiger partial charge in [0.2, 0.25) is 5.91 Å². The monoisotopic (exact) mass is 280 g/mol. The van der Waals surface area contributed by atoms with Crippen LogP contribution < -0.4 is 11.1 Å². The summed E-state index contributed by atoms with van der Waals surface area (Å²) in [6, 6.07) is 4.68. The van der Waals surface area contributed by atoms with Gasteiger partial charge in [-0.2, -0.15) is 0 Å². The van der Waals surface area contributed by atoms with E-state index in [1.165, 1.54) is 6.07 Å². The minimum Gasteiger partial charge on any atom is -0.393 e. The van der Waals surface area contributed by atoms with E-state index in [0.717, 1.165) is 5.56 Å². The number of hydrogen-bond acceptors (Lipinski definition) is 5. The standard InChI is InChI=1S/C13H20N4O3/c1-9(13(18)15-2)7-16(3)8-10-4-5-12(17(19)20)11(14)6-10/h4-6,9H,7-8,14H2,1-3H3,(H,15,18). The number of anilines is 1. The smallest absolute Gasteiger partial charge is 0.292 e. The predicted molar refractivity (Wildman–Crippen MR) is 77.1 cm³/mol. The van der Waals surface area contributed by atoms with E-state index in [9.17, 15) is 14.9 Å². The number of carbonyl (C=O) groups excluding carboxylic acids is 1. The first-order chi connectivity index (χ1) is 9.35. The number of nitrogen functional groups attached to an aromatic ring is 1. The summed E-state index contributed by atoms with van der Waals surface area (Å²) in [4.78, 5) is 23.6. The van der Waals surface area contributed by atoms with Crippen LogP contribution in [0.5, 0.6) is 0 Å². The van der Waals surface area contributed by atoms with Gasteiger partial charge >= 0.3 is 0 Å². The van der Waals surface area contributed by atoms with Crippen LogP contribution in [0.4, 0.5) is 11.4 Å². The van der Waals surface area contributed by atoms with Crippen molar-refractivity contribution in [3.05, 3.63) is 33.9 Å². The molecule has 0 radical (unpaired) electrons. The lowest BCUT2D eigenvalue weighted by Crippen LogP contribution is -2.34. The van der Waals surface area contributed by atoms with Crippen molar-refractivity contribution >= 4 is 17.3 Å². The van der Waals surface area contributed by atoms with E-state index in [4.69, 9.17) is 5.73 Å². The molecule has 1 atom stereocenters. The molecule has 1 unspecified atom stereocenters. The molecule has 110 valence electrons. The average molecular weight is 280 g/mol. The summed E-state index contributed by atoms with van der Waals surface area (Å²) in [5, 5.41) is 13.3. The summed E-state index contributed by atoms with van der Waals surface area (Å²) >= 11 is 0. The molecule has 0 heterocycles. The molecule has 1 amide bonds. The Labute approximate surface area is 117 Å². The number of nitrogens with zero attached hydrogens (tertiary/aromatic N) is 2. The minimum atomic E-state index is -0.503. The predicted octanol–water partition coefficient (Wildman–Crippen LogP) is 0.991. The molecule has 1 rings (SSSR count). The average Bonchev–Trinajstić information content (AvgIpc) is 2.37. The second-order valence-electron chi connectivity index (χ2n) is 4.86. The van der Waals surface area contributed by atoms with Crippen molar-refractivity contribution in [1.82, 2.24) is 10.2 Å². The Morgan fingerprint density at radius 1 is 1.55 bits per heavy atom. The van der Waals surface area contributed by atoms with E-state index >= 15 is 0 Å². The SMILES string of the molecule is CNC(=O)C(C)CN(C)Cc1ccc([N+](=O)[O-])c(N)c1.